The molecule has 8 nitrogen and oxygen atoms in total. The number of hydrogen-bond donors (Lipinski definition) is 1. The van der Waals surface area contributed by atoms with E-state index in [4.69, 9.17) is 4.74 Å². The second-order valence-electron chi connectivity index (χ2n) is 10.1. The van der Waals surface area contributed by atoms with E-state index in [1.165, 1.54) is 5.56 Å². The first-order chi connectivity index (χ1) is 20.0. The zero-order chi connectivity index (χ0) is 28.3. The first-order valence-corrected chi connectivity index (χ1v) is 14.4. The SMILES string of the molecule is Cc1c(/C=C2\SC(=O)N(CC(=O)Nc3ccc(N4CCOCC4)cc3)C2=O)c2ccccc2n1Cc1ccccc1. The van der Waals surface area contributed by atoms with Gasteiger partial charge in [0, 0.05) is 53.2 Å². The van der Waals surface area contributed by atoms with Crippen LogP contribution in [0.3, 0.4) is 0 Å². The van der Waals surface area contributed by atoms with Gasteiger partial charge in [0.05, 0.1) is 18.1 Å². The number of hydrogen-bond acceptors (Lipinski definition) is 6. The minimum Gasteiger partial charge on any atom is -0.378 e. The maximum absolute atomic E-state index is 13.3. The quantitative estimate of drug-likeness (QED) is 0.297. The molecule has 1 N–H and O–H groups in total. The van der Waals surface area contributed by atoms with E-state index >= 15 is 0 Å². The summed E-state index contributed by atoms with van der Waals surface area (Å²) in [6.07, 6.45) is 1.78. The lowest BCUT2D eigenvalue weighted by Gasteiger charge is -2.28. The van der Waals surface area contributed by atoms with Crippen LogP contribution < -0.4 is 10.2 Å². The van der Waals surface area contributed by atoms with Crippen molar-refractivity contribution in [3.05, 3.63) is 101 Å². The van der Waals surface area contributed by atoms with Gasteiger partial charge < -0.3 is 19.5 Å². The highest BCUT2D eigenvalue weighted by atomic mass is 32.2. The first kappa shape index (κ1) is 26.9. The van der Waals surface area contributed by atoms with Crippen LogP contribution in [-0.4, -0.2) is 59.4 Å². The van der Waals surface area contributed by atoms with Gasteiger partial charge in [-0.1, -0.05) is 48.5 Å². The van der Waals surface area contributed by atoms with E-state index in [1.807, 2.05) is 67.6 Å². The normalized spacial score (nSPS) is 16.7. The molecule has 0 spiro atoms. The van der Waals surface area contributed by atoms with Gasteiger partial charge in [-0.2, -0.15) is 0 Å². The number of carbonyl (C=O) groups is 3. The fraction of sp³-hybridized carbons (Fsp3) is 0.219. The van der Waals surface area contributed by atoms with Gasteiger partial charge in [-0.3, -0.25) is 19.3 Å². The Hall–Kier alpha value is -4.34. The highest BCUT2D eigenvalue weighted by Gasteiger charge is 2.36. The number of benzene rings is 3. The summed E-state index contributed by atoms with van der Waals surface area (Å²) in [6, 6.07) is 25.8. The summed E-state index contributed by atoms with van der Waals surface area (Å²) in [6.45, 7) is 5.41. The smallest absolute Gasteiger partial charge is 0.294 e. The summed E-state index contributed by atoms with van der Waals surface area (Å²) in [5.74, 6) is -0.888. The van der Waals surface area contributed by atoms with Gasteiger partial charge in [-0.05, 0) is 60.7 Å². The number of carbonyl (C=O) groups excluding carboxylic acids is 3. The number of fused-ring (bicyclic) bond motifs is 1. The van der Waals surface area contributed by atoms with E-state index in [1.54, 1.807) is 6.08 Å². The Morgan fingerprint density at radius 2 is 1.66 bits per heavy atom. The first-order valence-electron chi connectivity index (χ1n) is 13.6. The van der Waals surface area contributed by atoms with Gasteiger partial charge in [0.25, 0.3) is 11.1 Å². The minimum atomic E-state index is -0.461. The van der Waals surface area contributed by atoms with Crippen LogP contribution >= 0.6 is 11.8 Å². The Kier molecular flexibility index (Phi) is 7.63. The molecule has 2 saturated heterocycles. The van der Waals surface area contributed by atoms with E-state index in [-0.39, 0.29) is 6.54 Å². The Bertz CT molecular complexity index is 1640. The minimum absolute atomic E-state index is 0.309. The number of aromatic nitrogens is 1. The van der Waals surface area contributed by atoms with Crippen LogP contribution in [0, 0.1) is 6.92 Å². The fourth-order valence-corrected chi connectivity index (χ4v) is 6.12. The van der Waals surface area contributed by atoms with Crippen LogP contribution in [0.4, 0.5) is 16.2 Å². The van der Waals surface area contributed by atoms with Crippen molar-refractivity contribution in [1.29, 1.82) is 0 Å². The molecule has 0 unspecified atom stereocenters. The second kappa shape index (κ2) is 11.6. The molecule has 2 aliphatic heterocycles. The highest BCUT2D eigenvalue weighted by molar-refractivity contribution is 8.18. The van der Waals surface area contributed by atoms with E-state index in [0.717, 1.165) is 57.6 Å². The summed E-state index contributed by atoms with van der Waals surface area (Å²) >= 11 is 0.867. The summed E-state index contributed by atoms with van der Waals surface area (Å²) in [4.78, 5) is 42.4. The largest absolute Gasteiger partial charge is 0.378 e. The molecule has 3 amide bonds. The van der Waals surface area contributed by atoms with E-state index < -0.39 is 17.1 Å². The Balaban J connectivity index is 1.17. The lowest BCUT2D eigenvalue weighted by Crippen LogP contribution is -2.36. The van der Waals surface area contributed by atoms with Crippen molar-refractivity contribution in [1.82, 2.24) is 9.47 Å². The molecule has 0 radical (unpaired) electrons. The van der Waals surface area contributed by atoms with Crippen LogP contribution in [-0.2, 0) is 20.9 Å². The fourth-order valence-electron chi connectivity index (χ4n) is 5.30. The van der Waals surface area contributed by atoms with Gasteiger partial charge in [0.2, 0.25) is 5.91 Å². The van der Waals surface area contributed by atoms with Crippen molar-refractivity contribution in [3.63, 3.8) is 0 Å². The number of imide groups is 1. The van der Waals surface area contributed by atoms with Gasteiger partial charge in [-0.15, -0.1) is 0 Å². The number of thioether (sulfide) groups is 1. The molecule has 3 aromatic carbocycles. The summed E-state index contributed by atoms with van der Waals surface area (Å²) < 4.78 is 7.62. The number of rotatable bonds is 7. The average molecular weight is 567 g/mol. The summed E-state index contributed by atoms with van der Waals surface area (Å²) in [5.41, 5.74) is 5.79. The number of ether oxygens (including phenoxy) is 1. The third kappa shape index (κ3) is 5.64. The lowest BCUT2D eigenvalue weighted by molar-refractivity contribution is -0.127. The number of para-hydroxylation sites is 1. The maximum atomic E-state index is 13.3. The predicted molar refractivity (Wildman–Crippen MR) is 163 cm³/mol. The molecule has 208 valence electrons. The van der Waals surface area contributed by atoms with Crippen molar-refractivity contribution < 1.29 is 19.1 Å². The zero-order valence-corrected chi connectivity index (χ0v) is 23.5. The molecule has 0 bridgehead atoms. The molecule has 0 aliphatic carbocycles. The molecule has 41 heavy (non-hydrogen) atoms. The lowest BCUT2D eigenvalue weighted by atomic mass is 10.1. The van der Waals surface area contributed by atoms with E-state index in [9.17, 15) is 14.4 Å². The molecule has 3 heterocycles. The summed E-state index contributed by atoms with van der Waals surface area (Å²) in [5, 5.41) is 3.36. The molecular formula is C32H30N4O4S. The number of nitrogens with one attached hydrogen (secondary N) is 1. The van der Waals surface area contributed by atoms with E-state index in [0.29, 0.717) is 30.4 Å². The van der Waals surface area contributed by atoms with Crippen molar-refractivity contribution in [3.8, 4) is 0 Å². The molecule has 9 heteroatoms. The van der Waals surface area contributed by atoms with Crippen molar-refractivity contribution in [2.24, 2.45) is 0 Å². The Labute approximate surface area is 242 Å². The van der Waals surface area contributed by atoms with Crippen LogP contribution in [0.1, 0.15) is 16.8 Å². The van der Waals surface area contributed by atoms with Crippen LogP contribution in [0.5, 0.6) is 0 Å². The van der Waals surface area contributed by atoms with Gasteiger partial charge in [0.15, 0.2) is 0 Å². The highest BCUT2D eigenvalue weighted by Crippen LogP contribution is 2.36. The molecule has 2 fully saturated rings. The molecule has 0 saturated carbocycles. The molecular weight excluding hydrogens is 536 g/mol. The van der Waals surface area contributed by atoms with Gasteiger partial charge >= 0.3 is 0 Å². The monoisotopic (exact) mass is 566 g/mol. The standard InChI is InChI=1S/C32H30N4O4S/c1-22-27(26-9-5-6-10-28(26)35(22)20-23-7-3-2-4-8-23)19-29-31(38)36(32(39)41-29)21-30(37)33-24-11-13-25(14-12-24)34-15-17-40-18-16-34/h2-14,19H,15-18,20-21H2,1H3,(H,33,37)/b29-19-. The van der Waals surface area contributed by atoms with E-state index in [2.05, 4.69) is 33.0 Å². The predicted octanol–water partition coefficient (Wildman–Crippen LogP) is 5.51. The average Bonchev–Trinajstić information content (AvgIpc) is 3.41. The molecule has 1 aromatic heterocycles. The van der Waals surface area contributed by atoms with Crippen molar-refractivity contribution in [2.45, 2.75) is 13.5 Å². The van der Waals surface area contributed by atoms with Crippen molar-refractivity contribution in [2.75, 3.05) is 43.1 Å². The molecule has 4 aromatic rings. The molecule has 0 atom stereocenters. The number of nitrogens with zero attached hydrogens (tertiary/aromatic N) is 3. The van der Waals surface area contributed by atoms with Crippen LogP contribution in [0.2, 0.25) is 0 Å². The molecule has 6 rings (SSSR count). The zero-order valence-electron chi connectivity index (χ0n) is 22.7. The van der Waals surface area contributed by atoms with Crippen LogP contribution in [0.25, 0.3) is 17.0 Å². The van der Waals surface area contributed by atoms with Gasteiger partial charge in [-0.25, -0.2) is 0 Å². The Morgan fingerprint density at radius 1 is 0.951 bits per heavy atom. The third-order valence-electron chi connectivity index (χ3n) is 7.44. The number of amides is 3. The number of morpholine rings is 1. The Morgan fingerprint density at radius 3 is 2.41 bits per heavy atom. The number of anilines is 2. The van der Waals surface area contributed by atoms with Crippen molar-refractivity contribution >= 4 is 57.2 Å². The second-order valence-corrected chi connectivity index (χ2v) is 11.0. The van der Waals surface area contributed by atoms with Crippen LogP contribution in [0.15, 0.2) is 83.8 Å². The van der Waals surface area contributed by atoms with Gasteiger partial charge in [0.1, 0.15) is 6.54 Å². The topological polar surface area (TPSA) is 83.9 Å². The molecule has 2 aliphatic rings. The summed E-state index contributed by atoms with van der Waals surface area (Å²) in [7, 11) is 0. The third-order valence-corrected chi connectivity index (χ3v) is 8.35. The maximum Gasteiger partial charge on any atom is 0.294 e.